The third-order valence-corrected chi connectivity index (χ3v) is 4.38. The molecule has 6 heteroatoms. The van der Waals surface area contributed by atoms with Crippen LogP contribution in [0.2, 0.25) is 0 Å². The number of carboxylic acid groups (broad SMARTS) is 1. The van der Waals surface area contributed by atoms with E-state index in [9.17, 15) is 14.7 Å². The molecule has 1 aliphatic rings. The number of nitrogens with zero attached hydrogens (tertiary/aromatic N) is 2. The van der Waals surface area contributed by atoms with Crippen molar-refractivity contribution in [3.8, 4) is 0 Å². The van der Waals surface area contributed by atoms with Gasteiger partial charge in [0, 0.05) is 12.6 Å². The minimum absolute atomic E-state index is 0. The molecule has 5 nitrogen and oxygen atoms in total. The van der Waals surface area contributed by atoms with Crippen LogP contribution in [0.1, 0.15) is 38.7 Å². The first-order chi connectivity index (χ1) is 11.0. The molecule has 0 saturated carbocycles. The molecule has 0 aromatic heterocycles. The van der Waals surface area contributed by atoms with E-state index in [0.29, 0.717) is 19.5 Å². The van der Waals surface area contributed by atoms with Gasteiger partial charge in [-0.1, -0.05) is 36.8 Å². The predicted molar refractivity (Wildman–Crippen MR) is 96.2 cm³/mol. The molecule has 1 atom stereocenters. The smallest absolute Gasteiger partial charge is 0.320 e. The van der Waals surface area contributed by atoms with E-state index in [-0.39, 0.29) is 30.9 Å². The zero-order valence-electron chi connectivity index (χ0n) is 14.4. The van der Waals surface area contributed by atoms with Crippen LogP contribution in [0.4, 0.5) is 0 Å². The van der Waals surface area contributed by atoms with Crippen LogP contribution >= 0.6 is 12.4 Å². The molecule has 1 amide bonds. The average Bonchev–Trinajstić information content (AvgIpc) is 2.53. The maximum Gasteiger partial charge on any atom is 0.320 e. The van der Waals surface area contributed by atoms with Crippen LogP contribution in [-0.4, -0.2) is 52.0 Å². The number of aliphatic carboxylic acids is 1. The van der Waals surface area contributed by atoms with E-state index in [0.717, 1.165) is 18.4 Å². The predicted octanol–water partition coefficient (Wildman–Crippen LogP) is 2.78. The second kappa shape index (κ2) is 9.64. The van der Waals surface area contributed by atoms with Crippen molar-refractivity contribution in [1.82, 2.24) is 9.80 Å². The summed E-state index contributed by atoms with van der Waals surface area (Å²) in [6.45, 7) is 5.41. The normalized spacial score (nSPS) is 18.0. The van der Waals surface area contributed by atoms with Gasteiger partial charge in [-0.05, 0) is 38.8 Å². The van der Waals surface area contributed by atoms with E-state index in [1.165, 1.54) is 0 Å². The minimum atomic E-state index is -0.823. The molecule has 1 aromatic rings. The number of rotatable bonds is 6. The Morgan fingerprint density at radius 2 is 1.92 bits per heavy atom. The molecule has 0 radical (unpaired) electrons. The summed E-state index contributed by atoms with van der Waals surface area (Å²) < 4.78 is 0. The Kier molecular flexibility index (Phi) is 8.22. The fourth-order valence-corrected chi connectivity index (χ4v) is 3.06. The number of hydrogen-bond donors (Lipinski definition) is 1. The second-order valence-electron chi connectivity index (χ2n) is 6.42. The number of likely N-dealkylation sites (tertiary alicyclic amines) is 1. The van der Waals surface area contributed by atoms with Crippen molar-refractivity contribution in [2.24, 2.45) is 0 Å². The monoisotopic (exact) mass is 354 g/mol. The average molecular weight is 355 g/mol. The highest BCUT2D eigenvalue weighted by Gasteiger charge is 2.31. The van der Waals surface area contributed by atoms with Crippen molar-refractivity contribution < 1.29 is 14.7 Å². The lowest BCUT2D eigenvalue weighted by atomic mass is 10.0. The van der Waals surface area contributed by atoms with Crippen molar-refractivity contribution >= 4 is 24.3 Å². The van der Waals surface area contributed by atoms with Crippen LogP contribution in [0.5, 0.6) is 0 Å². The fraction of sp³-hybridized carbons (Fsp3) is 0.556. The van der Waals surface area contributed by atoms with Crippen molar-refractivity contribution in [1.29, 1.82) is 0 Å². The second-order valence-corrected chi connectivity index (χ2v) is 6.42. The number of amides is 1. The Morgan fingerprint density at radius 1 is 1.25 bits per heavy atom. The van der Waals surface area contributed by atoms with Crippen molar-refractivity contribution in [2.45, 2.75) is 51.7 Å². The van der Waals surface area contributed by atoms with E-state index in [4.69, 9.17) is 0 Å². The molecule has 0 bridgehead atoms. The van der Waals surface area contributed by atoms with E-state index in [1.807, 2.05) is 54.0 Å². The van der Waals surface area contributed by atoms with Gasteiger partial charge in [-0.3, -0.25) is 14.5 Å². The zero-order valence-corrected chi connectivity index (χ0v) is 15.2. The topological polar surface area (TPSA) is 60.9 Å². The third kappa shape index (κ3) is 5.49. The quantitative estimate of drug-likeness (QED) is 0.853. The van der Waals surface area contributed by atoms with Crippen molar-refractivity contribution in [3.63, 3.8) is 0 Å². The molecule has 2 rings (SSSR count). The molecule has 1 aliphatic heterocycles. The summed E-state index contributed by atoms with van der Waals surface area (Å²) in [5.41, 5.74) is 1.09. The number of benzene rings is 1. The number of piperidine rings is 1. The van der Waals surface area contributed by atoms with Gasteiger partial charge in [-0.15, -0.1) is 12.4 Å². The largest absolute Gasteiger partial charge is 0.480 e. The van der Waals surface area contributed by atoms with Crippen LogP contribution in [-0.2, 0) is 16.1 Å². The lowest BCUT2D eigenvalue weighted by Gasteiger charge is -2.35. The fourth-order valence-electron chi connectivity index (χ4n) is 3.06. The number of carboxylic acids is 1. The number of carbonyl (C=O) groups excluding carboxylic acids is 1. The van der Waals surface area contributed by atoms with Crippen LogP contribution in [0.15, 0.2) is 30.3 Å². The first-order valence-corrected chi connectivity index (χ1v) is 8.29. The van der Waals surface area contributed by atoms with Gasteiger partial charge < -0.3 is 10.0 Å². The Bertz CT molecular complexity index is 536. The third-order valence-electron chi connectivity index (χ3n) is 4.38. The van der Waals surface area contributed by atoms with E-state index >= 15 is 0 Å². The molecule has 1 fully saturated rings. The SMILES string of the molecule is CC(C)N(Cc1ccccc1)C(=O)CN1CCCCC1C(=O)O.Cl. The summed E-state index contributed by atoms with van der Waals surface area (Å²) in [6, 6.07) is 9.44. The first-order valence-electron chi connectivity index (χ1n) is 8.29. The maximum atomic E-state index is 12.7. The molecule has 24 heavy (non-hydrogen) atoms. The van der Waals surface area contributed by atoms with E-state index in [2.05, 4.69) is 0 Å². The Balaban J connectivity index is 0.00000288. The van der Waals surface area contributed by atoms with E-state index < -0.39 is 12.0 Å². The summed E-state index contributed by atoms with van der Waals surface area (Å²) in [6.07, 6.45) is 2.50. The summed E-state index contributed by atoms with van der Waals surface area (Å²) in [5.74, 6) is -0.825. The van der Waals surface area contributed by atoms with Crippen LogP contribution in [0, 0.1) is 0 Å². The molecule has 0 aliphatic carbocycles. The summed E-state index contributed by atoms with van der Waals surface area (Å²) in [7, 11) is 0. The molecule has 0 spiro atoms. The minimum Gasteiger partial charge on any atom is -0.480 e. The summed E-state index contributed by atoms with van der Waals surface area (Å²) >= 11 is 0. The van der Waals surface area contributed by atoms with Gasteiger partial charge in [0.25, 0.3) is 0 Å². The highest BCUT2D eigenvalue weighted by atomic mass is 35.5. The molecule has 1 heterocycles. The molecule has 1 saturated heterocycles. The number of halogens is 1. The number of hydrogen-bond acceptors (Lipinski definition) is 3. The molecule has 1 aromatic carbocycles. The lowest BCUT2D eigenvalue weighted by molar-refractivity contribution is -0.146. The van der Waals surface area contributed by atoms with Gasteiger partial charge in [-0.2, -0.15) is 0 Å². The van der Waals surface area contributed by atoms with Crippen molar-refractivity contribution in [3.05, 3.63) is 35.9 Å². The molecule has 134 valence electrons. The van der Waals surface area contributed by atoms with Crippen molar-refractivity contribution in [2.75, 3.05) is 13.1 Å². The van der Waals surface area contributed by atoms with Gasteiger partial charge in [0.1, 0.15) is 6.04 Å². The van der Waals surface area contributed by atoms with E-state index in [1.54, 1.807) is 0 Å². The first kappa shape index (κ1) is 20.5. The Labute approximate surface area is 150 Å². The highest BCUT2D eigenvalue weighted by molar-refractivity contribution is 5.85. The van der Waals surface area contributed by atoms with Gasteiger partial charge in [0.15, 0.2) is 0 Å². The van der Waals surface area contributed by atoms with Gasteiger partial charge in [0.2, 0.25) is 5.91 Å². The number of carbonyl (C=O) groups is 2. The zero-order chi connectivity index (χ0) is 16.8. The van der Waals surface area contributed by atoms with Crippen LogP contribution < -0.4 is 0 Å². The Morgan fingerprint density at radius 3 is 2.50 bits per heavy atom. The summed E-state index contributed by atoms with van der Waals surface area (Å²) in [5, 5.41) is 9.34. The standard InChI is InChI=1S/C18H26N2O3.ClH/c1-14(2)20(12-15-8-4-3-5-9-15)17(21)13-19-11-7-6-10-16(19)18(22)23;/h3-5,8-9,14,16H,6-7,10-13H2,1-2H3,(H,22,23);1H. The molecule has 1 N–H and O–H groups in total. The highest BCUT2D eigenvalue weighted by Crippen LogP contribution is 2.18. The van der Waals surface area contributed by atoms with Crippen LogP contribution in [0.25, 0.3) is 0 Å². The Hall–Kier alpha value is -1.59. The summed E-state index contributed by atoms with van der Waals surface area (Å²) in [4.78, 5) is 27.7. The lowest BCUT2D eigenvalue weighted by Crippen LogP contribution is -2.50. The van der Waals surface area contributed by atoms with Gasteiger partial charge in [-0.25, -0.2) is 0 Å². The molecular formula is C18H27ClN2O3. The van der Waals surface area contributed by atoms with Crippen LogP contribution in [0.3, 0.4) is 0 Å². The van der Waals surface area contributed by atoms with Gasteiger partial charge in [0.05, 0.1) is 6.54 Å². The molecular weight excluding hydrogens is 328 g/mol. The van der Waals surface area contributed by atoms with Gasteiger partial charge >= 0.3 is 5.97 Å². The maximum absolute atomic E-state index is 12.7. The molecule has 1 unspecified atom stereocenters.